The Morgan fingerprint density at radius 3 is 2.64 bits per heavy atom. The number of allylic oxidation sites excluding steroid dienone is 1. The van der Waals surface area contributed by atoms with Crippen LogP contribution in [0, 0.1) is 0 Å². The molecule has 0 heterocycles. The van der Waals surface area contributed by atoms with Crippen molar-refractivity contribution >= 4 is 17.7 Å². The smallest absolute Gasteiger partial charge is 0.244 e. The number of nitrogens with one attached hydrogen (secondary N) is 1. The lowest BCUT2D eigenvalue weighted by Gasteiger charge is -2.16. The molecular formula is C11H21NOS. The number of carbonyl (C=O) groups is 1. The van der Waals surface area contributed by atoms with E-state index in [1.807, 2.05) is 25.6 Å². The maximum Gasteiger partial charge on any atom is 0.244 e. The molecule has 0 rings (SSSR count). The zero-order valence-corrected chi connectivity index (χ0v) is 10.4. The first-order chi connectivity index (χ1) is 6.60. The van der Waals surface area contributed by atoms with Crippen LogP contribution in [0.4, 0.5) is 0 Å². The summed E-state index contributed by atoms with van der Waals surface area (Å²) in [4.78, 5) is 11.2. The van der Waals surface area contributed by atoms with E-state index in [1.165, 1.54) is 12.8 Å². The van der Waals surface area contributed by atoms with Crippen LogP contribution in [0.1, 0.15) is 40.5 Å². The quantitative estimate of drug-likeness (QED) is 0.545. The Morgan fingerprint density at radius 2 is 2.14 bits per heavy atom. The maximum absolute atomic E-state index is 11.2. The molecule has 3 heteroatoms. The number of carbonyl (C=O) groups excluding carboxylic acids is 1. The number of hydrogen-bond acceptors (Lipinski definition) is 2. The van der Waals surface area contributed by atoms with Crippen LogP contribution in [0.25, 0.3) is 0 Å². The summed E-state index contributed by atoms with van der Waals surface area (Å²) >= 11 is 1.81. The van der Waals surface area contributed by atoms with Crippen LogP contribution in [-0.4, -0.2) is 16.5 Å². The Labute approximate surface area is 91.5 Å². The van der Waals surface area contributed by atoms with Crippen molar-refractivity contribution in [3.63, 3.8) is 0 Å². The fourth-order valence-corrected chi connectivity index (χ4v) is 2.51. The van der Waals surface area contributed by atoms with Gasteiger partial charge in [0.2, 0.25) is 5.91 Å². The molecule has 0 aliphatic carbocycles. The molecule has 0 bridgehead atoms. The van der Waals surface area contributed by atoms with Crippen molar-refractivity contribution in [3.05, 3.63) is 12.2 Å². The molecule has 0 fully saturated rings. The molecule has 0 aliphatic rings. The van der Waals surface area contributed by atoms with Crippen molar-refractivity contribution in [1.29, 1.82) is 0 Å². The van der Waals surface area contributed by atoms with Gasteiger partial charge >= 0.3 is 0 Å². The molecule has 0 aromatic heterocycles. The van der Waals surface area contributed by atoms with Crippen molar-refractivity contribution in [2.75, 3.05) is 0 Å². The van der Waals surface area contributed by atoms with Gasteiger partial charge in [0, 0.05) is 5.25 Å². The molecule has 0 saturated heterocycles. The van der Waals surface area contributed by atoms with Crippen LogP contribution in [0.3, 0.4) is 0 Å². The lowest BCUT2D eigenvalue weighted by Crippen LogP contribution is -2.29. The summed E-state index contributed by atoms with van der Waals surface area (Å²) in [5, 5.41) is 3.71. The van der Waals surface area contributed by atoms with Gasteiger partial charge in [-0.15, -0.1) is 11.8 Å². The van der Waals surface area contributed by atoms with E-state index >= 15 is 0 Å². The molecule has 1 N–H and O–H groups in total. The summed E-state index contributed by atoms with van der Waals surface area (Å²) in [5.74, 6) is -0.00352. The Kier molecular flexibility index (Phi) is 7.67. The predicted octanol–water partition coefficient (Wildman–Crippen LogP) is 2.95. The first-order valence-corrected chi connectivity index (χ1v) is 6.13. The Bertz CT molecular complexity index is 192. The van der Waals surface area contributed by atoms with Crippen LogP contribution >= 0.6 is 11.8 Å². The third kappa shape index (κ3) is 7.01. The number of thioether (sulfide) groups is 1. The second-order valence-electron chi connectivity index (χ2n) is 3.39. The second kappa shape index (κ2) is 7.92. The third-order valence-corrected chi connectivity index (χ3v) is 3.02. The first kappa shape index (κ1) is 13.6. The molecule has 0 radical (unpaired) electrons. The lowest BCUT2D eigenvalue weighted by molar-refractivity contribution is -0.116. The summed E-state index contributed by atoms with van der Waals surface area (Å²) in [6.07, 6.45) is 5.71. The van der Waals surface area contributed by atoms with E-state index in [0.29, 0.717) is 5.25 Å². The van der Waals surface area contributed by atoms with E-state index in [1.54, 1.807) is 12.2 Å². The van der Waals surface area contributed by atoms with Gasteiger partial charge in [0.1, 0.15) is 0 Å². The van der Waals surface area contributed by atoms with E-state index in [9.17, 15) is 4.79 Å². The Balaban J connectivity index is 3.74. The fourth-order valence-electron chi connectivity index (χ4n) is 1.26. The van der Waals surface area contributed by atoms with Gasteiger partial charge in [-0.05, 0) is 26.3 Å². The minimum absolute atomic E-state index is 0.00352. The molecule has 0 aliphatic heterocycles. The third-order valence-electron chi connectivity index (χ3n) is 1.80. The highest BCUT2D eigenvalue weighted by Crippen LogP contribution is 2.19. The van der Waals surface area contributed by atoms with Gasteiger partial charge in [-0.1, -0.05) is 26.3 Å². The monoisotopic (exact) mass is 215 g/mol. The lowest BCUT2D eigenvalue weighted by atomic mass is 10.3. The summed E-state index contributed by atoms with van der Waals surface area (Å²) in [5.41, 5.74) is 0. The van der Waals surface area contributed by atoms with E-state index in [2.05, 4.69) is 19.2 Å². The fraction of sp³-hybridized carbons (Fsp3) is 0.727. The Hall–Kier alpha value is -0.440. The van der Waals surface area contributed by atoms with Gasteiger partial charge in [-0.25, -0.2) is 0 Å². The van der Waals surface area contributed by atoms with Crippen molar-refractivity contribution in [1.82, 2.24) is 5.32 Å². The normalized spacial score (nSPS) is 15.4. The standard InChI is InChI=1S/C11H21NOS/c1-5-7-9(3)14-10(4)12-11(13)8-6-2/h6,8-10H,5,7H2,1-4H3,(H,12,13)/b8-6-. The van der Waals surface area contributed by atoms with Crippen molar-refractivity contribution in [2.24, 2.45) is 0 Å². The molecule has 0 saturated carbocycles. The van der Waals surface area contributed by atoms with E-state index in [-0.39, 0.29) is 11.3 Å². The van der Waals surface area contributed by atoms with E-state index < -0.39 is 0 Å². The van der Waals surface area contributed by atoms with Gasteiger partial charge in [0.05, 0.1) is 5.37 Å². The number of amides is 1. The molecule has 0 aromatic carbocycles. The zero-order valence-electron chi connectivity index (χ0n) is 9.54. The van der Waals surface area contributed by atoms with E-state index in [0.717, 1.165) is 0 Å². The largest absolute Gasteiger partial charge is 0.341 e. The van der Waals surface area contributed by atoms with Crippen LogP contribution in [0.2, 0.25) is 0 Å². The van der Waals surface area contributed by atoms with Gasteiger partial charge in [0.25, 0.3) is 0 Å². The van der Waals surface area contributed by atoms with Crippen LogP contribution in [0.15, 0.2) is 12.2 Å². The van der Waals surface area contributed by atoms with Gasteiger partial charge in [-0.2, -0.15) is 0 Å². The number of rotatable bonds is 6. The van der Waals surface area contributed by atoms with Gasteiger partial charge < -0.3 is 5.32 Å². The molecule has 14 heavy (non-hydrogen) atoms. The number of hydrogen-bond donors (Lipinski definition) is 1. The van der Waals surface area contributed by atoms with Crippen molar-refractivity contribution in [2.45, 2.75) is 51.2 Å². The summed E-state index contributed by atoms with van der Waals surface area (Å²) in [6, 6.07) is 0. The summed E-state index contributed by atoms with van der Waals surface area (Å²) in [6.45, 7) is 8.25. The maximum atomic E-state index is 11.2. The minimum Gasteiger partial charge on any atom is -0.341 e. The van der Waals surface area contributed by atoms with Gasteiger partial charge in [0.15, 0.2) is 0 Å². The average Bonchev–Trinajstić information content (AvgIpc) is 2.03. The summed E-state index contributed by atoms with van der Waals surface area (Å²) < 4.78 is 0. The van der Waals surface area contributed by atoms with E-state index in [4.69, 9.17) is 0 Å². The highest BCUT2D eigenvalue weighted by molar-refractivity contribution is 8.00. The predicted molar refractivity (Wildman–Crippen MR) is 64.4 cm³/mol. The molecule has 2 unspecified atom stereocenters. The molecule has 2 nitrogen and oxygen atoms in total. The van der Waals surface area contributed by atoms with Crippen LogP contribution in [-0.2, 0) is 4.79 Å². The van der Waals surface area contributed by atoms with Crippen molar-refractivity contribution < 1.29 is 4.79 Å². The second-order valence-corrected chi connectivity index (χ2v) is 5.17. The Morgan fingerprint density at radius 1 is 1.50 bits per heavy atom. The summed E-state index contributed by atoms with van der Waals surface area (Å²) in [7, 11) is 0. The van der Waals surface area contributed by atoms with Crippen LogP contribution < -0.4 is 5.32 Å². The first-order valence-electron chi connectivity index (χ1n) is 5.18. The highest BCUT2D eigenvalue weighted by atomic mass is 32.2. The van der Waals surface area contributed by atoms with Crippen LogP contribution in [0.5, 0.6) is 0 Å². The molecular weight excluding hydrogens is 194 g/mol. The zero-order chi connectivity index (χ0) is 11.0. The average molecular weight is 215 g/mol. The molecule has 0 spiro atoms. The molecule has 82 valence electrons. The topological polar surface area (TPSA) is 29.1 Å². The molecule has 2 atom stereocenters. The molecule has 0 aromatic rings. The minimum atomic E-state index is -0.00352. The molecule has 1 amide bonds. The van der Waals surface area contributed by atoms with Gasteiger partial charge in [-0.3, -0.25) is 4.79 Å². The SMILES string of the molecule is C/C=C\C(=O)NC(C)SC(C)CCC. The highest BCUT2D eigenvalue weighted by Gasteiger charge is 2.09. The van der Waals surface area contributed by atoms with Crippen molar-refractivity contribution in [3.8, 4) is 0 Å².